The second-order valence-corrected chi connectivity index (χ2v) is 5.90. The van der Waals surface area contributed by atoms with Crippen molar-refractivity contribution in [3.8, 4) is 11.6 Å². The zero-order valence-electron chi connectivity index (χ0n) is 12.1. The number of nitrogens with zero attached hydrogens (tertiary/aromatic N) is 1. The monoisotopic (exact) mass is 355 g/mol. The van der Waals surface area contributed by atoms with Crippen molar-refractivity contribution in [1.82, 2.24) is 9.97 Å². The Hall–Kier alpha value is -2.19. The highest BCUT2D eigenvalue weighted by molar-refractivity contribution is 7.99. The number of aromatic nitrogens is 2. The number of carbonyl (C=O) groups excluding carboxylic acids is 1. The number of nitrogens with one attached hydrogen (secondary N) is 2. The van der Waals surface area contributed by atoms with E-state index in [1.54, 1.807) is 18.2 Å². The van der Waals surface area contributed by atoms with E-state index < -0.39 is 5.56 Å². The Bertz CT molecular complexity index is 766. The fraction of sp³-hybridized carbons (Fsp3) is 0.214. The molecule has 0 saturated heterocycles. The van der Waals surface area contributed by atoms with E-state index in [0.29, 0.717) is 22.2 Å². The third kappa shape index (κ3) is 5.19. The molecule has 0 radical (unpaired) electrons. The second kappa shape index (κ2) is 7.89. The molecule has 9 heteroatoms. The minimum Gasteiger partial charge on any atom is -0.495 e. The Morgan fingerprint density at radius 1 is 1.48 bits per heavy atom. The Morgan fingerprint density at radius 2 is 2.26 bits per heavy atom. The lowest BCUT2D eigenvalue weighted by Gasteiger charge is -2.08. The van der Waals surface area contributed by atoms with E-state index in [4.69, 9.17) is 16.3 Å². The van der Waals surface area contributed by atoms with Crippen molar-refractivity contribution >= 4 is 35.0 Å². The van der Waals surface area contributed by atoms with Crippen molar-refractivity contribution < 1.29 is 14.6 Å². The number of carbonyl (C=O) groups is 1. The molecule has 0 aliphatic carbocycles. The predicted octanol–water partition coefficient (Wildman–Crippen LogP) is 2.26. The van der Waals surface area contributed by atoms with E-state index in [0.717, 1.165) is 17.8 Å². The number of aromatic amines is 1. The summed E-state index contributed by atoms with van der Waals surface area (Å²) in [4.78, 5) is 29.2. The van der Waals surface area contributed by atoms with Crippen molar-refractivity contribution in [2.24, 2.45) is 0 Å². The third-order valence-electron chi connectivity index (χ3n) is 2.71. The molecular weight excluding hydrogens is 342 g/mol. The zero-order valence-corrected chi connectivity index (χ0v) is 13.7. The number of rotatable bonds is 6. The van der Waals surface area contributed by atoms with E-state index >= 15 is 0 Å². The van der Waals surface area contributed by atoms with Crippen LogP contribution in [0.2, 0.25) is 5.02 Å². The van der Waals surface area contributed by atoms with Crippen LogP contribution in [0.1, 0.15) is 6.42 Å². The summed E-state index contributed by atoms with van der Waals surface area (Å²) in [6.07, 6.45) is 0.202. The number of halogens is 1. The molecule has 7 nitrogen and oxygen atoms in total. The molecule has 2 rings (SSSR count). The van der Waals surface area contributed by atoms with Crippen LogP contribution in [0.5, 0.6) is 11.6 Å². The van der Waals surface area contributed by atoms with Gasteiger partial charge in [0.2, 0.25) is 11.8 Å². The van der Waals surface area contributed by atoms with Gasteiger partial charge in [-0.3, -0.25) is 9.59 Å². The average molecular weight is 356 g/mol. The van der Waals surface area contributed by atoms with Crippen molar-refractivity contribution in [3.05, 3.63) is 39.6 Å². The molecule has 0 atom stereocenters. The fourth-order valence-corrected chi connectivity index (χ4v) is 2.77. The van der Waals surface area contributed by atoms with Gasteiger partial charge in [-0.05, 0) is 18.2 Å². The van der Waals surface area contributed by atoms with Gasteiger partial charge in [0.25, 0.3) is 5.56 Å². The summed E-state index contributed by atoms with van der Waals surface area (Å²) in [7, 11) is 1.51. The standard InChI is InChI=1S/C14H14ClN3O4S/c1-22-10-3-2-8(6-9(10)15)16-11(19)4-5-23-14-17-12(20)7-13(21)18-14/h2-3,6-7H,4-5H2,1H3,(H,16,19)(H2,17,18,20,21). The molecule has 0 aliphatic rings. The normalized spacial score (nSPS) is 10.3. The topological polar surface area (TPSA) is 104 Å². The Balaban J connectivity index is 1.85. The van der Waals surface area contributed by atoms with Crippen LogP contribution in [-0.4, -0.2) is 33.8 Å². The summed E-state index contributed by atoms with van der Waals surface area (Å²) in [6, 6.07) is 5.92. The van der Waals surface area contributed by atoms with Crippen molar-refractivity contribution in [2.75, 3.05) is 18.2 Å². The quantitative estimate of drug-likeness (QED) is 0.542. The van der Waals surface area contributed by atoms with Crippen LogP contribution >= 0.6 is 23.4 Å². The van der Waals surface area contributed by atoms with Gasteiger partial charge in [0, 0.05) is 17.9 Å². The van der Waals surface area contributed by atoms with E-state index in [-0.39, 0.29) is 23.4 Å². The summed E-state index contributed by atoms with van der Waals surface area (Å²) >= 11 is 7.14. The number of aromatic hydroxyl groups is 1. The molecule has 0 fully saturated rings. The lowest BCUT2D eigenvalue weighted by Crippen LogP contribution is -2.12. The Morgan fingerprint density at radius 3 is 2.91 bits per heavy atom. The summed E-state index contributed by atoms with van der Waals surface area (Å²) in [5.41, 5.74) is 0.118. The van der Waals surface area contributed by atoms with E-state index in [1.165, 1.54) is 7.11 Å². The first-order valence-electron chi connectivity index (χ1n) is 6.54. The number of ether oxygens (including phenoxy) is 1. The molecule has 2 aromatic rings. The number of thioether (sulfide) groups is 1. The number of H-pyrrole nitrogens is 1. The number of benzene rings is 1. The molecule has 1 heterocycles. The highest BCUT2D eigenvalue weighted by Gasteiger charge is 2.07. The minimum atomic E-state index is -0.447. The van der Waals surface area contributed by atoms with E-state index in [9.17, 15) is 14.7 Å². The lowest BCUT2D eigenvalue weighted by molar-refractivity contribution is -0.115. The highest BCUT2D eigenvalue weighted by Crippen LogP contribution is 2.27. The van der Waals surface area contributed by atoms with Crippen molar-refractivity contribution in [1.29, 1.82) is 0 Å². The van der Waals surface area contributed by atoms with Crippen LogP contribution in [0.15, 0.2) is 34.2 Å². The second-order valence-electron chi connectivity index (χ2n) is 4.40. The van der Waals surface area contributed by atoms with Crippen LogP contribution < -0.4 is 15.6 Å². The lowest BCUT2D eigenvalue weighted by atomic mass is 10.3. The van der Waals surface area contributed by atoms with E-state index in [1.807, 2.05) is 0 Å². The van der Waals surface area contributed by atoms with Gasteiger partial charge in [0.1, 0.15) is 5.75 Å². The van der Waals surface area contributed by atoms with Gasteiger partial charge in [-0.2, -0.15) is 4.98 Å². The molecule has 0 aliphatic heterocycles. The van der Waals surface area contributed by atoms with Crippen LogP contribution in [-0.2, 0) is 4.79 Å². The summed E-state index contributed by atoms with van der Waals surface area (Å²) < 4.78 is 5.03. The molecule has 1 aromatic heterocycles. The van der Waals surface area contributed by atoms with Crippen LogP contribution in [0, 0.1) is 0 Å². The number of hydrogen-bond acceptors (Lipinski definition) is 6. The first-order valence-corrected chi connectivity index (χ1v) is 7.91. The fourth-order valence-electron chi connectivity index (χ4n) is 1.70. The molecule has 122 valence electrons. The van der Waals surface area contributed by atoms with E-state index in [2.05, 4.69) is 15.3 Å². The molecule has 23 heavy (non-hydrogen) atoms. The molecule has 1 aromatic carbocycles. The van der Waals surface area contributed by atoms with Crippen LogP contribution in [0.4, 0.5) is 5.69 Å². The Kier molecular flexibility index (Phi) is 5.89. The van der Waals surface area contributed by atoms with Gasteiger partial charge < -0.3 is 20.1 Å². The average Bonchev–Trinajstić information content (AvgIpc) is 2.46. The Labute approximate surface area is 141 Å². The largest absolute Gasteiger partial charge is 0.495 e. The van der Waals surface area contributed by atoms with Gasteiger partial charge in [-0.1, -0.05) is 23.4 Å². The maximum absolute atomic E-state index is 11.9. The van der Waals surface area contributed by atoms with Gasteiger partial charge in [0.05, 0.1) is 18.2 Å². The maximum Gasteiger partial charge on any atom is 0.255 e. The predicted molar refractivity (Wildman–Crippen MR) is 88.5 cm³/mol. The molecule has 1 amide bonds. The molecule has 0 spiro atoms. The molecule has 0 bridgehead atoms. The third-order valence-corrected chi connectivity index (χ3v) is 3.88. The SMILES string of the molecule is COc1ccc(NC(=O)CCSc2nc(O)cc(=O)[nH]2)cc1Cl. The minimum absolute atomic E-state index is 0.202. The van der Waals surface area contributed by atoms with Gasteiger partial charge in [0.15, 0.2) is 5.16 Å². The molecular formula is C14H14ClN3O4S. The molecule has 0 unspecified atom stereocenters. The highest BCUT2D eigenvalue weighted by atomic mass is 35.5. The number of methoxy groups -OCH3 is 1. The first kappa shape index (κ1) is 17.2. The van der Waals surface area contributed by atoms with Crippen molar-refractivity contribution in [3.63, 3.8) is 0 Å². The van der Waals surface area contributed by atoms with Gasteiger partial charge in [-0.15, -0.1) is 0 Å². The number of anilines is 1. The van der Waals surface area contributed by atoms with Crippen LogP contribution in [0.25, 0.3) is 0 Å². The summed E-state index contributed by atoms with van der Waals surface area (Å²) in [5.74, 6) is 0.358. The number of amides is 1. The first-order chi connectivity index (χ1) is 11.0. The summed E-state index contributed by atoms with van der Waals surface area (Å²) in [5, 5.41) is 12.6. The molecule has 0 saturated carbocycles. The smallest absolute Gasteiger partial charge is 0.255 e. The summed E-state index contributed by atoms with van der Waals surface area (Å²) in [6.45, 7) is 0. The molecule has 3 N–H and O–H groups in total. The maximum atomic E-state index is 11.9. The van der Waals surface area contributed by atoms with Crippen molar-refractivity contribution in [2.45, 2.75) is 11.6 Å². The van der Waals surface area contributed by atoms with Gasteiger partial charge in [-0.25, -0.2) is 0 Å². The number of hydrogen-bond donors (Lipinski definition) is 3. The van der Waals surface area contributed by atoms with Crippen LogP contribution in [0.3, 0.4) is 0 Å². The van der Waals surface area contributed by atoms with Gasteiger partial charge >= 0.3 is 0 Å². The zero-order chi connectivity index (χ0) is 16.8.